The molecule has 0 fully saturated rings. The highest BCUT2D eigenvalue weighted by molar-refractivity contribution is 7.16. The van der Waals surface area contributed by atoms with Crippen molar-refractivity contribution < 1.29 is 29.0 Å². The molecular weight excluding hydrogens is 396 g/mol. The summed E-state index contributed by atoms with van der Waals surface area (Å²) in [5, 5.41) is 14.8. The molecule has 29 heavy (non-hydrogen) atoms. The Morgan fingerprint density at radius 3 is 2.52 bits per heavy atom. The largest absolute Gasteiger partial charge is 0.462 e. The van der Waals surface area contributed by atoms with Crippen LogP contribution in [0.15, 0.2) is 24.3 Å². The number of benzene rings is 1. The monoisotopic (exact) mass is 420 g/mol. The fraction of sp³-hybridized carbons (Fsp3) is 0.350. The van der Waals surface area contributed by atoms with Crippen LogP contribution in [0.4, 0.5) is 10.7 Å². The molecule has 0 spiro atoms. The highest BCUT2D eigenvalue weighted by atomic mass is 32.1. The molecule has 0 aliphatic carbocycles. The minimum absolute atomic E-state index is 0.0891. The number of carbonyl (C=O) groups excluding carboxylic acids is 3. The van der Waals surface area contributed by atoms with Gasteiger partial charge in [-0.2, -0.15) is 0 Å². The Hall–Kier alpha value is -2.91. The summed E-state index contributed by atoms with van der Waals surface area (Å²) in [7, 11) is 0. The van der Waals surface area contributed by atoms with Gasteiger partial charge in [-0.25, -0.2) is 9.59 Å². The van der Waals surface area contributed by atoms with Gasteiger partial charge in [-0.3, -0.25) is 4.79 Å². The molecular formula is C20H24N2O6S. The van der Waals surface area contributed by atoms with Crippen LogP contribution in [0, 0.1) is 13.8 Å². The van der Waals surface area contributed by atoms with Crippen LogP contribution >= 0.6 is 11.3 Å². The van der Waals surface area contributed by atoms with Gasteiger partial charge in [-0.1, -0.05) is 12.1 Å². The van der Waals surface area contributed by atoms with E-state index in [0.29, 0.717) is 16.3 Å². The van der Waals surface area contributed by atoms with Crippen molar-refractivity contribution in [3.05, 3.63) is 45.8 Å². The molecule has 1 aromatic heterocycles. The molecule has 9 heteroatoms. The fourth-order valence-corrected chi connectivity index (χ4v) is 3.61. The molecule has 0 aliphatic heterocycles. The molecule has 0 bridgehead atoms. The Kier molecular flexibility index (Phi) is 8.17. The van der Waals surface area contributed by atoms with Gasteiger partial charge in [0.25, 0.3) is 5.91 Å². The van der Waals surface area contributed by atoms with Gasteiger partial charge in [0.1, 0.15) is 5.00 Å². The van der Waals surface area contributed by atoms with Crippen LogP contribution in [0.5, 0.6) is 0 Å². The summed E-state index contributed by atoms with van der Waals surface area (Å²) >= 11 is 1.26. The van der Waals surface area contributed by atoms with Crippen molar-refractivity contribution in [2.45, 2.75) is 20.8 Å². The maximum Gasteiger partial charge on any atom is 0.341 e. The number of aryl methyl sites for hydroxylation is 1. The zero-order valence-corrected chi connectivity index (χ0v) is 17.4. The average Bonchev–Trinajstić information content (AvgIpc) is 2.98. The first kappa shape index (κ1) is 22.4. The lowest BCUT2D eigenvalue weighted by Crippen LogP contribution is -2.22. The molecule has 0 unspecified atom stereocenters. The van der Waals surface area contributed by atoms with Gasteiger partial charge < -0.3 is 25.2 Å². The molecule has 2 rings (SSSR count). The Bertz CT molecular complexity index is 893. The van der Waals surface area contributed by atoms with Crippen LogP contribution in [0.1, 0.15) is 38.1 Å². The van der Waals surface area contributed by atoms with Crippen molar-refractivity contribution >= 4 is 39.9 Å². The number of para-hydroxylation sites is 1. The lowest BCUT2D eigenvalue weighted by atomic mass is 10.1. The van der Waals surface area contributed by atoms with E-state index in [2.05, 4.69) is 10.6 Å². The number of esters is 2. The van der Waals surface area contributed by atoms with E-state index in [1.54, 1.807) is 38.1 Å². The summed E-state index contributed by atoms with van der Waals surface area (Å²) in [4.78, 5) is 37.7. The van der Waals surface area contributed by atoms with Crippen LogP contribution in [0.2, 0.25) is 0 Å². The second-order valence-electron chi connectivity index (χ2n) is 6.03. The number of hydrogen-bond donors (Lipinski definition) is 3. The molecule has 0 atom stereocenters. The SMILES string of the molecule is CCOC(=O)c1c(NC(=O)COC(=O)c2ccccc2NCCO)sc(C)c1C. The maximum atomic E-state index is 12.3. The molecule has 1 heterocycles. The van der Waals surface area contributed by atoms with Gasteiger partial charge in [-0.05, 0) is 38.5 Å². The Balaban J connectivity index is 2.03. The van der Waals surface area contributed by atoms with E-state index >= 15 is 0 Å². The van der Waals surface area contributed by atoms with Crippen LogP contribution in [-0.2, 0) is 14.3 Å². The second-order valence-corrected chi connectivity index (χ2v) is 7.25. The number of nitrogens with one attached hydrogen (secondary N) is 2. The standard InChI is InChI=1S/C20H24N2O6S/c1-4-27-20(26)17-12(2)13(3)29-18(17)22-16(24)11-28-19(25)14-7-5-6-8-15(14)21-9-10-23/h5-8,21,23H,4,9-11H2,1-3H3,(H,22,24). The Morgan fingerprint density at radius 2 is 1.83 bits per heavy atom. The number of thiophene rings is 1. The van der Waals surface area contributed by atoms with Crippen LogP contribution < -0.4 is 10.6 Å². The van der Waals surface area contributed by atoms with Crippen molar-refractivity contribution in [2.75, 3.05) is 37.0 Å². The number of aliphatic hydroxyl groups is 1. The summed E-state index contributed by atoms with van der Waals surface area (Å²) in [6, 6.07) is 6.64. The zero-order chi connectivity index (χ0) is 21.4. The summed E-state index contributed by atoms with van der Waals surface area (Å²) < 4.78 is 10.2. The molecule has 1 amide bonds. The highest BCUT2D eigenvalue weighted by Crippen LogP contribution is 2.33. The number of rotatable bonds is 9. The van der Waals surface area contributed by atoms with Gasteiger partial charge >= 0.3 is 11.9 Å². The molecule has 0 aliphatic rings. The minimum atomic E-state index is -0.676. The predicted octanol–water partition coefficient (Wildman–Crippen LogP) is 2.74. The topological polar surface area (TPSA) is 114 Å². The Morgan fingerprint density at radius 1 is 1.10 bits per heavy atom. The van der Waals surface area contributed by atoms with Crippen LogP contribution in [0.25, 0.3) is 0 Å². The summed E-state index contributed by atoms with van der Waals surface area (Å²) in [6.07, 6.45) is 0. The van der Waals surface area contributed by atoms with E-state index in [1.165, 1.54) is 11.3 Å². The number of amides is 1. The summed E-state index contributed by atoms with van der Waals surface area (Å²) in [5.74, 6) is -1.75. The lowest BCUT2D eigenvalue weighted by Gasteiger charge is -2.11. The molecule has 0 radical (unpaired) electrons. The van der Waals surface area contributed by atoms with Crippen LogP contribution in [0.3, 0.4) is 0 Å². The van der Waals surface area contributed by atoms with Gasteiger partial charge in [0.05, 0.1) is 24.3 Å². The van der Waals surface area contributed by atoms with E-state index in [4.69, 9.17) is 14.6 Å². The predicted molar refractivity (Wildman–Crippen MR) is 111 cm³/mol. The van der Waals surface area contributed by atoms with E-state index in [1.807, 2.05) is 6.92 Å². The first-order chi connectivity index (χ1) is 13.9. The van der Waals surface area contributed by atoms with Crippen molar-refractivity contribution in [2.24, 2.45) is 0 Å². The molecule has 3 N–H and O–H groups in total. The molecule has 1 aromatic carbocycles. The third kappa shape index (κ3) is 5.78. The highest BCUT2D eigenvalue weighted by Gasteiger charge is 2.22. The van der Waals surface area contributed by atoms with Gasteiger partial charge in [0, 0.05) is 17.1 Å². The maximum absolute atomic E-state index is 12.3. The van der Waals surface area contributed by atoms with Crippen molar-refractivity contribution in [3.8, 4) is 0 Å². The number of aliphatic hydroxyl groups excluding tert-OH is 1. The van der Waals surface area contributed by atoms with E-state index in [9.17, 15) is 14.4 Å². The van der Waals surface area contributed by atoms with E-state index in [-0.39, 0.29) is 25.3 Å². The van der Waals surface area contributed by atoms with Gasteiger partial charge in [-0.15, -0.1) is 11.3 Å². The molecule has 156 valence electrons. The van der Waals surface area contributed by atoms with Crippen molar-refractivity contribution in [1.29, 1.82) is 0 Å². The Labute approximate surface area is 172 Å². The number of ether oxygens (including phenoxy) is 2. The van der Waals surface area contributed by atoms with Crippen LogP contribution in [-0.4, -0.2) is 49.3 Å². The lowest BCUT2D eigenvalue weighted by molar-refractivity contribution is -0.119. The van der Waals surface area contributed by atoms with Crippen molar-refractivity contribution in [3.63, 3.8) is 0 Å². The summed E-state index contributed by atoms with van der Waals surface area (Å²) in [6.45, 7) is 5.23. The third-order valence-electron chi connectivity index (χ3n) is 4.03. The quantitative estimate of drug-likeness (QED) is 0.535. The molecule has 8 nitrogen and oxygen atoms in total. The smallest absolute Gasteiger partial charge is 0.341 e. The van der Waals surface area contributed by atoms with Gasteiger partial charge in [0.2, 0.25) is 0 Å². The number of anilines is 2. The normalized spacial score (nSPS) is 10.3. The molecule has 2 aromatic rings. The van der Waals surface area contributed by atoms with E-state index in [0.717, 1.165) is 10.4 Å². The molecule has 0 saturated carbocycles. The van der Waals surface area contributed by atoms with Crippen molar-refractivity contribution in [1.82, 2.24) is 0 Å². The molecule has 0 saturated heterocycles. The fourth-order valence-electron chi connectivity index (χ4n) is 2.54. The zero-order valence-electron chi connectivity index (χ0n) is 16.5. The third-order valence-corrected chi connectivity index (χ3v) is 5.15. The van der Waals surface area contributed by atoms with Gasteiger partial charge in [0.15, 0.2) is 6.61 Å². The van der Waals surface area contributed by atoms with E-state index < -0.39 is 24.5 Å². The summed E-state index contributed by atoms with van der Waals surface area (Å²) in [5.41, 5.74) is 1.81. The second kappa shape index (κ2) is 10.6. The first-order valence-electron chi connectivity index (χ1n) is 9.06. The minimum Gasteiger partial charge on any atom is -0.462 e. The number of carbonyl (C=O) groups is 3. The first-order valence-corrected chi connectivity index (χ1v) is 9.88. The number of hydrogen-bond acceptors (Lipinski definition) is 8. The average molecular weight is 420 g/mol.